The quantitative estimate of drug-likeness (QED) is 0.860. The van der Waals surface area contributed by atoms with E-state index in [2.05, 4.69) is 26.2 Å². The van der Waals surface area contributed by atoms with E-state index >= 15 is 0 Å². The molecule has 0 radical (unpaired) electrons. The molecule has 4 nitrogen and oxygen atoms in total. The van der Waals surface area contributed by atoms with Gasteiger partial charge in [0, 0.05) is 24.6 Å². The van der Waals surface area contributed by atoms with Crippen LogP contribution in [0.2, 0.25) is 0 Å². The van der Waals surface area contributed by atoms with Crippen LogP contribution in [0.5, 0.6) is 0 Å². The van der Waals surface area contributed by atoms with Crippen LogP contribution in [0.25, 0.3) is 0 Å². The van der Waals surface area contributed by atoms with Gasteiger partial charge in [0.25, 0.3) is 0 Å². The van der Waals surface area contributed by atoms with Crippen molar-refractivity contribution in [2.24, 2.45) is 0 Å². The van der Waals surface area contributed by atoms with E-state index in [0.717, 1.165) is 24.2 Å². The van der Waals surface area contributed by atoms with E-state index in [0.29, 0.717) is 0 Å². The second kappa shape index (κ2) is 6.52. The van der Waals surface area contributed by atoms with Gasteiger partial charge in [-0.1, -0.05) is 35.0 Å². The van der Waals surface area contributed by atoms with Crippen LogP contribution >= 0.6 is 15.9 Å². The van der Waals surface area contributed by atoms with E-state index in [1.54, 1.807) is 12.5 Å². The first kappa shape index (κ1) is 13.8. The Morgan fingerprint density at radius 1 is 1.53 bits per heavy atom. The number of nitrogens with zero attached hydrogens (tertiary/aromatic N) is 2. The highest BCUT2D eigenvalue weighted by Crippen LogP contribution is 2.14. The van der Waals surface area contributed by atoms with Crippen molar-refractivity contribution < 1.29 is 4.79 Å². The molecule has 1 heterocycles. The Labute approximate surface area is 121 Å². The largest absolute Gasteiger partial charge is 0.333 e. The average Bonchev–Trinajstić information content (AvgIpc) is 2.91. The van der Waals surface area contributed by atoms with Gasteiger partial charge in [-0.05, 0) is 24.1 Å². The van der Waals surface area contributed by atoms with Crippen LogP contribution < -0.4 is 5.32 Å². The zero-order chi connectivity index (χ0) is 13.7. The maximum atomic E-state index is 11.8. The number of rotatable bonds is 5. The minimum Gasteiger partial charge on any atom is -0.333 e. The number of amides is 1. The van der Waals surface area contributed by atoms with Crippen molar-refractivity contribution in [3.05, 3.63) is 48.5 Å². The third-order valence-electron chi connectivity index (χ3n) is 2.76. The maximum Gasteiger partial charge on any atom is 0.238 e. The number of aromatic nitrogens is 2. The summed E-state index contributed by atoms with van der Waals surface area (Å²) >= 11 is 3.34. The minimum absolute atomic E-state index is 0.0118. The molecular weight excluding hydrogens is 306 g/mol. The Morgan fingerprint density at radius 2 is 2.37 bits per heavy atom. The molecule has 2 aromatic rings. The van der Waals surface area contributed by atoms with Gasteiger partial charge in [0.1, 0.15) is 0 Å². The van der Waals surface area contributed by atoms with Gasteiger partial charge in [-0.2, -0.15) is 0 Å². The van der Waals surface area contributed by atoms with Crippen molar-refractivity contribution >= 4 is 27.5 Å². The first-order chi connectivity index (χ1) is 9.19. The maximum absolute atomic E-state index is 11.8. The summed E-state index contributed by atoms with van der Waals surface area (Å²) in [5, 5.41) is 2.90. The summed E-state index contributed by atoms with van der Waals surface area (Å²) in [5.74, 6) is -0.0118. The highest BCUT2D eigenvalue weighted by Gasteiger charge is 2.12. The molecule has 0 aliphatic rings. The number of nitrogens with one attached hydrogen (secondary N) is 1. The van der Waals surface area contributed by atoms with Crippen molar-refractivity contribution in [1.82, 2.24) is 9.55 Å². The third kappa shape index (κ3) is 3.92. The topological polar surface area (TPSA) is 46.9 Å². The Bertz CT molecular complexity index is 539. The molecule has 0 spiro atoms. The normalized spacial score (nSPS) is 12.1. The molecule has 1 aromatic carbocycles. The highest BCUT2D eigenvalue weighted by atomic mass is 79.9. The molecule has 1 N–H and O–H groups in total. The second-order valence-corrected chi connectivity index (χ2v) is 5.41. The lowest BCUT2D eigenvalue weighted by molar-refractivity contribution is -0.115. The summed E-state index contributed by atoms with van der Waals surface area (Å²) in [4.78, 5) is 15.7. The first-order valence-electron chi connectivity index (χ1n) is 6.18. The van der Waals surface area contributed by atoms with Gasteiger partial charge in [0.15, 0.2) is 0 Å². The number of imidazole rings is 1. The molecule has 0 fully saturated rings. The lowest BCUT2D eigenvalue weighted by Gasteiger charge is -2.10. The van der Waals surface area contributed by atoms with Gasteiger partial charge in [-0.25, -0.2) is 4.98 Å². The molecule has 0 bridgehead atoms. The highest BCUT2D eigenvalue weighted by molar-refractivity contribution is 9.10. The summed E-state index contributed by atoms with van der Waals surface area (Å²) < 4.78 is 1.99. The van der Waals surface area contributed by atoms with Gasteiger partial charge < -0.3 is 9.88 Å². The number of alkyl halides is 1. The van der Waals surface area contributed by atoms with E-state index < -0.39 is 0 Å². The summed E-state index contributed by atoms with van der Waals surface area (Å²) in [6.45, 7) is 2.71. The summed E-state index contributed by atoms with van der Waals surface area (Å²) in [7, 11) is 0. The van der Waals surface area contributed by atoms with Crippen molar-refractivity contribution in [2.75, 3.05) is 5.32 Å². The molecule has 5 heteroatoms. The molecule has 0 saturated carbocycles. The third-order valence-corrected chi connectivity index (χ3v) is 3.83. The molecule has 2 rings (SSSR count). The fourth-order valence-electron chi connectivity index (χ4n) is 1.74. The van der Waals surface area contributed by atoms with Gasteiger partial charge >= 0.3 is 0 Å². The Morgan fingerprint density at radius 3 is 3.05 bits per heavy atom. The zero-order valence-corrected chi connectivity index (χ0v) is 12.3. The lowest BCUT2D eigenvalue weighted by Crippen LogP contribution is -2.22. The summed E-state index contributed by atoms with van der Waals surface area (Å²) in [5.41, 5.74) is 1.94. The predicted octanol–water partition coefficient (Wildman–Crippen LogP) is 3.04. The molecule has 0 aliphatic carbocycles. The SMILES string of the molecule is CCC(Br)C(=O)Nc1cccc(Cn2ccnc2)c1. The first-order valence-corrected chi connectivity index (χ1v) is 7.10. The van der Waals surface area contributed by atoms with E-state index in [4.69, 9.17) is 0 Å². The molecule has 1 unspecified atom stereocenters. The van der Waals surface area contributed by atoms with Crippen LogP contribution in [0, 0.1) is 0 Å². The van der Waals surface area contributed by atoms with Crippen LogP contribution in [0.1, 0.15) is 18.9 Å². The number of benzene rings is 1. The molecule has 1 aromatic heterocycles. The number of anilines is 1. The van der Waals surface area contributed by atoms with Crippen molar-refractivity contribution in [1.29, 1.82) is 0 Å². The van der Waals surface area contributed by atoms with Gasteiger partial charge in [0.2, 0.25) is 5.91 Å². The standard InChI is InChI=1S/C14H16BrN3O/c1-2-13(15)14(19)17-12-5-3-4-11(8-12)9-18-7-6-16-10-18/h3-8,10,13H,2,9H2,1H3,(H,17,19). The van der Waals surface area contributed by atoms with Crippen molar-refractivity contribution in [2.45, 2.75) is 24.7 Å². The second-order valence-electron chi connectivity index (χ2n) is 4.30. The van der Waals surface area contributed by atoms with Crippen LogP contribution in [0.4, 0.5) is 5.69 Å². The minimum atomic E-state index is -0.148. The van der Waals surface area contributed by atoms with E-state index in [1.807, 2.05) is 42.0 Å². The van der Waals surface area contributed by atoms with Crippen LogP contribution in [0.3, 0.4) is 0 Å². The Kier molecular flexibility index (Phi) is 4.74. The average molecular weight is 322 g/mol. The van der Waals surface area contributed by atoms with Crippen LogP contribution in [-0.4, -0.2) is 20.3 Å². The number of hydrogen-bond donors (Lipinski definition) is 1. The smallest absolute Gasteiger partial charge is 0.238 e. The van der Waals surface area contributed by atoms with Crippen molar-refractivity contribution in [3.63, 3.8) is 0 Å². The van der Waals surface area contributed by atoms with Crippen molar-refractivity contribution in [3.8, 4) is 0 Å². The van der Waals surface area contributed by atoms with Crippen LogP contribution in [-0.2, 0) is 11.3 Å². The van der Waals surface area contributed by atoms with E-state index in [9.17, 15) is 4.79 Å². The molecule has 1 amide bonds. The van der Waals surface area contributed by atoms with Gasteiger partial charge in [-0.3, -0.25) is 4.79 Å². The molecule has 1 atom stereocenters. The predicted molar refractivity (Wildman–Crippen MR) is 79.4 cm³/mol. The fraction of sp³-hybridized carbons (Fsp3) is 0.286. The molecule has 0 saturated heterocycles. The molecule has 100 valence electrons. The summed E-state index contributed by atoms with van der Waals surface area (Å²) in [6.07, 6.45) is 6.20. The van der Waals surface area contributed by atoms with E-state index in [1.165, 1.54) is 0 Å². The van der Waals surface area contributed by atoms with Crippen LogP contribution in [0.15, 0.2) is 43.0 Å². The monoisotopic (exact) mass is 321 g/mol. The molecule has 19 heavy (non-hydrogen) atoms. The van der Waals surface area contributed by atoms with E-state index in [-0.39, 0.29) is 10.7 Å². The van der Waals surface area contributed by atoms with Gasteiger partial charge in [-0.15, -0.1) is 0 Å². The molecule has 0 aliphatic heterocycles. The Hall–Kier alpha value is -1.62. The number of halogens is 1. The Balaban J connectivity index is 2.05. The summed E-state index contributed by atoms with van der Waals surface area (Å²) in [6, 6.07) is 7.84. The zero-order valence-electron chi connectivity index (χ0n) is 10.7. The van der Waals surface area contributed by atoms with Gasteiger partial charge in [0.05, 0.1) is 11.2 Å². The number of carbonyl (C=O) groups is 1. The molecular formula is C14H16BrN3O. The fourth-order valence-corrected chi connectivity index (χ4v) is 1.86. The number of carbonyl (C=O) groups excluding carboxylic acids is 1. The lowest BCUT2D eigenvalue weighted by atomic mass is 10.2. The number of hydrogen-bond acceptors (Lipinski definition) is 2.